The molecule has 1 aromatic carbocycles. The molecule has 0 unspecified atom stereocenters. The van der Waals surface area contributed by atoms with Crippen molar-refractivity contribution in [2.45, 2.75) is 32.4 Å². The van der Waals surface area contributed by atoms with Crippen molar-refractivity contribution >= 4 is 39.3 Å². The highest BCUT2D eigenvalue weighted by molar-refractivity contribution is 9.10. The summed E-state index contributed by atoms with van der Waals surface area (Å²) in [4.78, 5) is 15.5. The van der Waals surface area contributed by atoms with Crippen molar-refractivity contribution < 1.29 is 14.5 Å². The first kappa shape index (κ1) is 20.4. The molecule has 1 heterocycles. The van der Waals surface area contributed by atoms with Crippen molar-refractivity contribution in [1.82, 2.24) is 0 Å². The second kappa shape index (κ2) is 9.17. The smallest absolute Gasteiger partial charge is 0.257 e. The first-order chi connectivity index (χ1) is 12.3. The molecule has 0 saturated carbocycles. The number of anilines is 1. The maximum Gasteiger partial charge on any atom is 0.257 e. The number of aromatic nitrogens is 1. The number of nitriles is 1. The lowest BCUT2D eigenvalue weighted by molar-refractivity contribution is -0.435. The van der Waals surface area contributed by atoms with Crippen LogP contribution < -0.4 is 10.3 Å². The van der Waals surface area contributed by atoms with E-state index in [2.05, 4.69) is 32.3 Å². The number of pyridine rings is 1. The summed E-state index contributed by atoms with van der Waals surface area (Å²) in [5.41, 5.74) is 5.25. The van der Waals surface area contributed by atoms with E-state index in [0.29, 0.717) is 17.2 Å². The molecular formula is C19H21BrN3O2S+. The predicted molar refractivity (Wildman–Crippen MR) is 106 cm³/mol. The second-order valence-electron chi connectivity index (χ2n) is 5.98. The number of methoxy groups -OCH3 is 1. The third-order valence-electron chi connectivity index (χ3n) is 3.87. The molecule has 1 aromatic heterocycles. The van der Waals surface area contributed by atoms with E-state index >= 15 is 0 Å². The molecular weight excluding hydrogens is 414 g/mol. The zero-order valence-electron chi connectivity index (χ0n) is 15.2. The number of H-pyrrole nitrogens is 1. The van der Waals surface area contributed by atoms with Crippen LogP contribution in [0.2, 0.25) is 0 Å². The molecule has 0 aliphatic rings. The van der Waals surface area contributed by atoms with Crippen LogP contribution in [-0.2, 0) is 16.1 Å². The number of carbonyl (C=O) groups is 1. The number of nitrogens with zero attached hydrogens (tertiary/aromatic N) is 1. The van der Waals surface area contributed by atoms with E-state index < -0.39 is 0 Å². The van der Waals surface area contributed by atoms with Gasteiger partial charge >= 0.3 is 0 Å². The number of hydrogen-bond donors (Lipinski definition) is 1. The fraction of sp³-hybridized carbons (Fsp3) is 0.316. The van der Waals surface area contributed by atoms with Gasteiger partial charge in [0.25, 0.3) is 5.03 Å². The molecule has 0 atom stereocenters. The van der Waals surface area contributed by atoms with Crippen LogP contribution >= 0.6 is 27.7 Å². The Bertz CT molecular complexity index is 878. The van der Waals surface area contributed by atoms with E-state index in [1.807, 2.05) is 39.0 Å². The van der Waals surface area contributed by atoms with Crippen molar-refractivity contribution in [3.05, 3.63) is 50.6 Å². The summed E-state index contributed by atoms with van der Waals surface area (Å²) in [5.74, 6) is 0.0616. The van der Waals surface area contributed by atoms with Gasteiger partial charge in [0, 0.05) is 30.1 Å². The lowest BCUT2D eigenvalue weighted by Crippen LogP contribution is -2.19. The highest BCUT2D eigenvalue weighted by Crippen LogP contribution is 2.27. The summed E-state index contributed by atoms with van der Waals surface area (Å²) < 4.78 is 6.01. The van der Waals surface area contributed by atoms with E-state index in [1.165, 1.54) is 11.8 Å². The molecule has 5 nitrogen and oxygen atoms in total. The van der Waals surface area contributed by atoms with Gasteiger partial charge in [-0.25, -0.2) is 4.98 Å². The number of aryl methyl sites for hydroxylation is 3. The highest BCUT2D eigenvalue weighted by atomic mass is 79.9. The van der Waals surface area contributed by atoms with Crippen LogP contribution in [0.15, 0.2) is 27.7 Å². The lowest BCUT2D eigenvalue weighted by atomic mass is 10.1. The Hall–Kier alpha value is -1.88. The van der Waals surface area contributed by atoms with E-state index in [1.54, 1.807) is 7.11 Å². The Kier molecular flexibility index (Phi) is 7.21. The maximum absolute atomic E-state index is 12.4. The minimum absolute atomic E-state index is 0.133. The van der Waals surface area contributed by atoms with Gasteiger partial charge in [-0.1, -0.05) is 0 Å². The summed E-state index contributed by atoms with van der Waals surface area (Å²) in [5, 5.41) is 13.1. The zero-order valence-corrected chi connectivity index (χ0v) is 17.6. The van der Waals surface area contributed by atoms with E-state index in [4.69, 9.17) is 4.74 Å². The largest absolute Gasteiger partial charge is 0.380 e. The number of rotatable bonds is 6. The highest BCUT2D eigenvalue weighted by Gasteiger charge is 2.19. The fourth-order valence-corrected chi connectivity index (χ4v) is 3.92. The molecule has 0 aliphatic carbocycles. The molecule has 0 spiro atoms. The second-order valence-corrected chi connectivity index (χ2v) is 7.82. The van der Waals surface area contributed by atoms with Crippen molar-refractivity contribution in [3.63, 3.8) is 0 Å². The molecule has 2 rings (SSSR count). The first-order valence-corrected chi connectivity index (χ1v) is 9.77. The molecule has 2 N–H and O–H groups in total. The number of halogens is 1. The Morgan fingerprint density at radius 2 is 2.00 bits per heavy atom. The van der Waals surface area contributed by atoms with Crippen LogP contribution in [0.1, 0.15) is 27.9 Å². The molecule has 7 heteroatoms. The minimum atomic E-state index is -0.133. The summed E-state index contributed by atoms with van der Waals surface area (Å²) in [7, 11) is 1.59. The SMILES string of the molecule is COCc1cc(C)[nH+]c(SCC(=O)Nc2cc(C)c(C)cc2Br)c1C#N. The first-order valence-electron chi connectivity index (χ1n) is 8.00. The van der Waals surface area contributed by atoms with E-state index in [9.17, 15) is 10.1 Å². The van der Waals surface area contributed by atoms with E-state index in [0.717, 1.165) is 32.5 Å². The Balaban J connectivity index is 2.13. The third-order valence-corrected chi connectivity index (χ3v) is 5.52. The molecule has 0 bridgehead atoms. The fourth-order valence-electron chi connectivity index (χ4n) is 2.46. The Morgan fingerprint density at radius 3 is 2.65 bits per heavy atom. The van der Waals surface area contributed by atoms with Gasteiger partial charge in [-0.05, 0) is 64.8 Å². The third kappa shape index (κ3) is 5.07. The van der Waals surface area contributed by atoms with Crippen LogP contribution in [0, 0.1) is 32.1 Å². The van der Waals surface area contributed by atoms with Crippen molar-refractivity contribution in [3.8, 4) is 6.07 Å². The van der Waals surface area contributed by atoms with Gasteiger partial charge < -0.3 is 10.1 Å². The number of carbonyl (C=O) groups excluding carboxylic acids is 1. The lowest BCUT2D eigenvalue weighted by Gasteiger charge is -2.10. The van der Waals surface area contributed by atoms with Crippen molar-refractivity contribution in [2.75, 3.05) is 18.2 Å². The monoisotopic (exact) mass is 434 g/mol. The number of benzene rings is 1. The van der Waals surface area contributed by atoms with Crippen LogP contribution in [0.4, 0.5) is 5.69 Å². The topological polar surface area (TPSA) is 76.3 Å². The summed E-state index contributed by atoms with van der Waals surface area (Å²) in [6.07, 6.45) is 0. The van der Waals surface area contributed by atoms with Crippen LogP contribution in [0.5, 0.6) is 0 Å². The van der Waals surface area contributed by atoms with Gasteiger partial charge in [-0.2, -0.15) is 5.26 Å². The molecule has 0 aliphatic heterocycles. The average molecular weight is 435 g/mol. The van der Waals surface area contributed by atoms with Gasteiger partial charge in [0.05, 0.1) is 18.0 Å². The number of aromatic amines is 1. The maximum atomic E-state index is 12.4. The van der Waals surface area contributed by atoms with Gasteiger partial charge in [0.15, 0.2) is 5.69 Å². The molecule has 1 amide bonds. The van der Waals surface area contributed by atoms with Gasteiger partial charge in [-0.3, -0.25) is 4.79 Å². The zero-order chi connectivity index (χ0) is 19.3. The predicted octanol–water partition coefficient (Wildman–Crippen LogP) is 3.94. The average Bonchev–Trinajstić information content (AvgIpc) is 2.58. The Morgan fingerprint density at radius 1 is 1.31 bits per heavy atom. The van der Waals surface area contributed by atoms with Gasteiger partial charge in [0.2, 0.25) is 5.91 Å². The minimum Gasteiger partial charge on any atom is -0.380 e. The summed E-state index contributed by atoms with van der Waals surface area (Å²) >= 11 is 4.79. The normalized spacial score (nSPS) is 10.5. The molecule has 0 fully saturated rings. The number of amides is 1. The quantitative estimate of drug-likeness (QED) is 0.698. The number of ether oxygens (including phenoxy) is 1. The number of thioether (sulfide) groups is 1. The van der Waals surface area contributed by atoms with E-state index in [-0.39, 0.29) is 11.7 Å². The molecule has 136 valence electrons. The van der Waals surface area contributed by atoms with Gasteiger partial charge in [0.1, 0.15) is 11.6 Å². The van der Waals surface area contributed by atoms with Crippen LogP contribution in [0.25, 0.3) is 0 Å². The van der Waals surface area contributed by atoms with Crippen LogP contribution in [-0.4, -0.2) is 18.8 Å². The number of hydrogen-bond acceptors (Lipinski definition) is 4. The van der Waals surface area contributed by atoms with Crippen molar-refractivity contribution in [1.29, 1.82) is 5.26 Å². The standard InChI is InChI=1S/C19H20BrN3O2S/c1-11-5-16(20)17(6-12(11)2)23-18(24)10-26-19-15(8-21)14(9-25-4)7-13(3)22-19/h5-7H,9-10H2,1-4H3,(H,23,24)/p+1. The molecule has 0 radical (unpaired) electrons. The molecule has 2 aromatic rings. The summed E-state index contributed by atoms with van der Waals surface area (Å²) in [6.45, 7) is 6.30. The Labute approximate surface area is 166 Å². The number of nitrogens with one attached hydrogen (secondary N) is 2. The van der Waals surface area contributed by atoms with Crippen molar-refractivity contribution in [2.24, 2.45) is 0 Å². The summed E-state index contributed by atoms with van der Waals surface area (Å²) in [6, 6.07) is 8.01. The molecule has 0 saturated heterocycles. The van der Waals surface area contributed by atoms with Crippen LogP contribution in [0.3, 0.4) is 0 Å². The molecule has 26 heavy (non-hydrogen) atoms. The van der Waals surface area contributed by atoms with Gasteiger partial charge in [-0.15, -0.1) is 0 Å².